The van der Waals surface area contributed by atoms with Gasteiger partial charge in [-0.2, -0.15) is 10.1 Å². The van der Waals surface area contributed by atoms with Crippen LogP contribution in [0, 0.1) is 0 Å². The first-order valence-electron chi connectivity index (χ1n) is 10.0. The van der Waals surface area contributed by atoms with Gasteiger partial charge in [0, 0.05) is 28.6 Å². The predicted molar refractivity (Wildman–Crippen MR) is 123 cm³/mol. The van der Waals surface area contributed by atoms with Crippen molar-refractivity contribution in [2.45, 2.75) is 28.7 Å². The summed E-state index contributed by atoms with van der Waals surface area (Å²) in [6, 6.07) is 12.1. The van der Waals surface area contributed by atoms with Gasteiger partial charge in [0.2, 0.25) is 0 Å². The number of anilines is 1. The summed E-state index contributed by atoms with van der Waals surface area (Å²) in [5.41, 5.74) is 10.8. The Bertz CT molecular complexity index is 1460. The molecule has 1 aliphatic rings. The van der Waals surface area contributed by atoms with Crippen LogP contribution in [0.5, 0.6) is 0 Å². The number of hydrogen-bond acceptors (Lipinski definition) is 7. The molecule has 6 rings (SSSR count). The zero-order chi connectivity index (χ0) is 20.9. The Morgan fingerprint density at radius 1 is 1.13 bits per heavy atom. The maximum Gasteiger partial charge on any atom is 0.252 e. The standard InChI is InChI=1S/C22H18N6OS2/c23-19-18-16(13-5-2-1-3-6-13)9-17(14-10-24-22-25-12-26-28(22)11-14)27-20(18)30-21(19)31(29)15-7-4-8-15/h1-3,5-6,9-12,15H,4,7-8,23H2. The third-order valence-corrected chi connectivity index (χ3v) is 9.02. The first-order valence-corrected chi connectivity index (χ1v) is 12.1. The van der Waals surface area contributed by atoms with Crippen molar-refractivity contribution >= 4 is 43.8 Å². The summed E-state index contributed by atoms with van der Waals surface area (Å²) in [7, 11) is -1.10. The van der Waals surface area contributed by atoms with Crippen LogP contribution in [0.25, 0.3) is 38.4 Å². The highest BCUT2D eigenvalue weighted by molar-refractivity contribution is 7.88. The van der Waals surface area contributed by atoms with Crippen molar-refractivity contribution in [3.63, 3.8) is 0 Å². The summed E-state index contributed by atoms with van der Waals surface area (Å²) < 4.78 is 15.5. The van der Waals surface area contributed by atoms with Crippen LogP contribution >= 0.6 is 11.3 Å². The Labute approximate surface area is 184 Å². The summed E-state index contributed by atoms with van der Waals surface area (Å²) in [6.07, 6.45) is 8.21. The molecule has 1 aliphatic carbocycles. The molecule has 5 aromatic rings. The molecule has 0 spiro atoms. The molecule has 0 saturated heterocycles. The molecule has 0 aliphatic heterocycles. The lowest BCUT2D eigenvalue weighted by atomic mass is 10.00. The van der Waals surface area contributed by atoms with Gasteiger partial charge in [-0.25, -0.2) is 14.5 Å². The fourth-order valence-electron chi connectivity index (χ4n) is 3.83. The fraction of sp³-hybridized carbons (Fsp3) is 0.182. The van der Waals surface area contributed by atoms with Gasteiger partial charge in [0.25, 0.3) is 5.78 Å². The lowest BCUT2D eigenvalue weighted by molar-refractivity contribution is 0.505. The first kappa shape index (κ1) is 18.6. The Kier molecular flexibility index (Phi) is 4.32. The molecule has 1 atom stereocenters. The van der Waals surface area contributed by atoms with Crippen LogP contribution in [-0.2, 0) is 10.8 Å². The number of pyridine rings is 1. The zero-order valence-corrected chi connectivity index (χ0v) is 18.1. The van der Waals surface area contributed by atoms with Crippen LogP contribution in [0.3, 0.4) is 0 Å². The van der Waals surface area contributed by atoms with Crippen molar-refractivity contribution in [2.24, 2.45) is 0 Å². The van der Waals surface area contributed by atoms with Gasteiger partial charge >= 0.3 is 0 Å². The van der Waals surface area contributed by atoms with E-state index < -0.39 is 10.8 Å². The van der Waals surface area contributed by atoms with Crippen molar-refractivity contribution in [3.05, 3.63) is 55.1 Å². The van der Waals surface area contributed by atoms with Gasteiger partial charge < -0.3 is 5.73 Å². The van der Waals surface area contributed by atoms with E-state index in [9.17, 15) is 4.21 Å². The van der Waals surface area contributed by atoms with Crippen molar-refractivity contribution in [1.82, 2.24) is 24.6 Å². The molecule has 9 heteroatoms. The molecule has 4 aromatic heterocycles. The molecular weight excluding hydrogens is 428 g/mol. The SMILES string of the molecule is Nc1c(S(=O)C2CCC2)sc2nc(-c3cnc4ncnn4c3)cc(-c3ccccc3)c12. The maximum atomic E-state index is 13.1. The zero-order valence-electron chi connectivity index (χ0n) is 16.4. The van der Waals surface area contributed by atoms with E-state index in [4.69, 9.17) is 10.7 Å². The number of hydrogen-bond donors (Lipinski definition) is 1. The van der Waals surface area contributed by atoms with Crippen LogP contribution in [0.15, 0.2) is 59.3 Å². The van der Waals surface area contributed by atoms with E-state index in [1.807, 2.05) is 30.5 Å². The number of nitrogens with two attached hydrogens (primary N) is 1. The number of rotatable bonds is 4. The van der Waals surface area contributed by atoms with Gasteiger partial charge in [0.1, 0.15) is 15.4 Å². The molecule has 1 fully saturated rings. The number of fused-ring (bicyclic) bond motifs is 2. The topological polar surface area (TPSA) is 99.1 Å². The Hall–Kier alpha value is -3.17. The summed E-state index contributed by atoms with van der Waals surface area (Å²) in [4.78, 5) is 14.2. The van der Waals surface area contributed by atoms with E-state index >= 15 is 0 Å². The molecule has 7 nitrogen and oxygen atoms in total. The quantitative estimate of drug-likeness (QED) is 0.442. The van der Waals surface area contributed by atoms with Crippen molar-refractivity contribution in [1.29, 1.82) is 0 Å². The van der Waals surface area contributed by atoms with Crippen LogP contribution in [-0.4, -0.2) is 34.0 Å². The molecule has 2 N–H and O–H groups in total. The molecule has 0 bridgehead atoms. The highest BCUT2D eigenvalue weighted by atomic mass is 32.2. The number of benzene rings is 1. The van der Waals surface area contributed by atoms with Crippen molar-refractivity contribution in [3.8, 4) is 22.4 Å². The lowest BCUT2D eigenvalue weighted by Gasteiger charge is -2.23. The van der Waals surface area contributed by atoms with Crippen molar-refractivity contribution < 1.29 is 4.21 Å². The van der Waals surface area contributed by atoms with E-state index in [2.05, 4.69) is 27.2 Å². The normalized spacial score (nSPS) is 15.4. The van der Waals surface area contributed by atoms with E-state index in [0.29, 0.717) is 11.5 Å². The highest BCUT2D eigenvalue weighted by Gasteiger charge is 2.29. The van der Waals surface area contributed by atoms with Crippen LogP contribution < -0.4 is 5.73 Å². The largest absolute Gasteiger partial charge is 0.396 e. The number of thiophene rings is 1. The molecule has 1 saturated carbocycles. The second-order valence-electron chi connectivity index (χ2n) is 7.60. The van der Waals surface area contributed by atoms with Gasteiger partial charge in [0.15, 0.2) is 0 Å². The van der Waals surface area contributed by atoms with Crippen LogP contribution in [0.2, 0.25) is 0 Å². The third kappa shape index (κ3) is 3.03. The van der Waals surface area contributed by atoms with Crippen molar-refractivity contribution in [2.75, 3.05) is 5.73 Å². The van der Waals surface area contributed by atoms with Gasteiger partial charge in [-0.15, -0.1) is 11.3 Å². The Morgan fingerprint density at radius 3 is 2.74 bits per heavy atom. The van der Waals surface area contributed by atoms with Gasteiger partial charge in [-0.1, -0.05) is 36.8 Å². The minimum atomic E-state index is -1.10. The van der Waals surface area contributed by atoms with E-state index in [1.54, 1.807) is 10.7 Å². The minimum Gasteiger partial charge on any atom is -0.396 e. The summed E-state index contributed by atoms with van der Waals surface area (Å²) in [5, 5.41) is 5.26. The molecule has 4 heterocycles. The second-order valence-corrected chi connectivity index (χ2v) is 10.5. The fourth-order valence-corrected chi connectivity index (χ4v) is 7.04. The molecule has 1 aromatic carbocycles. The molecule has 31 heavy (non-hydrogen) atoms. The highest BCUT2D eigenvalue weighted by Crippen LogP contribution is 2.44. The van der Waals surface area contributed by atoms with Crippen LogP contribution in [0.4, 0.5) is 5.69 Å². The lowest BCUT2D eigenvalue weighted by Crippen LogP contribution is -2.23. The predicted octanol–water partition coefficient (Wildman–Crippen LogP) is 4.31. The molecule has 1 unspecified atom stereocenters. The van der Waals surface area contributed by atoms with E-state index in [1.165, 1.54) is 17.7 Å². The summed E-state index contributed by atoms with van der Waals surface area (Å²) in [5.74, 6) is 0.534. The number of nitrogens with zero attached hydrogens (tertiary/aromatic N) is 5. The van der Waals surface area contributed by atoms with Gasteiger partial charge in [-0.3, -0.25) is 4.21 Å². The number of nitrogen functional groups attached to an aromatic ring is 1. The average Bonchev–Trinajstić information content (AvgIpc) is 3.36. The second kappa shape index (κ2) is 7.21. The first-order chi connectivity index (χ1) is 15.2. The summed E-state index contributed by atoms with van der Waals surface area (Å²) in [6.45, 7) is 0. The van der Waals surface area contributed by atoms with E-state index in [-0.39, 0.29) is 5.25 Å². The summed E-state index contributed by atoms with van der Waals surface area (Å²) >= 11 is 1.44. The number of aromatic nitrogens is 5. The van der Waals surface area contributed by atoms with Gasteiger partial charge in [0.05, 0.1) is 22.2 Å². The van der Waals surface area contributed by atoms with E-state index in [0.717, 1.165) is 56.1 Å². The van der Waals surface area contributed by atoms with Crippen LogP contribution in [0.1, 0.15) is 19.3 Å². The minimum absolute atomic E-state index is 0.203. The Balaban J connectivity index is 1.59. The molecule has 0 amide bonds. The average molecular weight is 447 g/mol. The maximum absolute atomic E-state index is 13.1. The third-order valence-electron chi connectivity index (χ3n) is 5.72. The molecular formula is C22H18N6OS2. The monoisotopic (exact) mass is 446 g/mol. The van der Waals surface area contributed by atoms with Gasteiger partial charge in [-0.05, 0) is 30.0 Å². The molecule has 0 radical (unpaired) electrons. The Morgan fingerprint density at radius 2 is 1.97 bits per heavy atom. The smallest absolute Gasteiger partial charge is 0.252 e. The molecule has 154 valence electrons.